The van der Waals surface area contributed by atoms with Crippen LogP contribution in [0, 0.1) is 12.7 Å². The highest BCUT2D eigenvalue weighted by molar-refractivity contribution is 5.74. The van der Waals surface area contributed by atoms with Gasteiger partial charge in [-0.2, -0.15) is 0 Å². The summed E-state index contributed by atoms with van der Waals surface area (Å²) in [7, 11) is 0. The maximum absolute atomic E-state index is 13.7. The summed E-state index contributed by atoms with van der Waals surface area (Å²) in [6.45, 7) is 3.97. The van der Waals surface area contributed by atoms with Crippen LogP contribution >= 0.6 is 0 Å². The summed E-state index contributed by atoms with van der Waals surface area (Å²) in [5.74, 6) is -0.487. The number of carbonyl (C=O) groups is 1. The standard InChI is InChI=1S/C18H17FN4O2/c1-3-25-17(24)11-15-18(22-21-14-7-5-4-6-13(14)19)23-9-8-12(2)10-16(23)20-15/h4-10H,3,11H2,1-2H3. The molecule has 0 atom stereocenters. The Hall–Kier alpha value is -3.09. The van der Waals surface area contributed by atoms with Crippen molar-refractivity contribution in [3.63, 3.8) is 0 Å². The number of rotatable bonds is 5. The van der Waals surface area contributed by atoms with Crippen LogP contribution in [0.3, 0.4) is 0 Å². The maximum Gasteiger partial charge on any atom is 0.312 e. The largest absolute Gasteiger partial charge is 0.466 e. The summed E-state index contributed by atoms with van der Waals surface area (Å²) in [6.07, 6.45) is 1.77. The van der Waals surface area contributed by atoms with Crippen molar-refractivity contribution >= 4 is 23.1 Å². The van der Waals surface area contributed by atoms with Gasteiger partial charge in [-0.15, -0.1) is 10.2 Å². The van der Waals surface area contributed by atoms with E-state index in [-0.39, 0.29) is 18.7 Å². The predicted octanol–water partition coefficient (Wildman–Crippen LogP) is 4.30. The van der Waals surface area contributed by atoms with E-state index in [9.17, 15) is 9.18 Å². The monoisotopic (exact) mass is 340 g/mol. The molecule has 2 aromatic heterocycles. The van der Waals surface area contributed by atoms with Crippen LogP contribution in [0.5, 0.6) is 0 Å². The van der Waals surface area contributed by atoms with Gasteiger partial charge in [0.25, 0.3) is 0 Å². The van der Waals surface area contributed by atoms with E-state index in [4.69, 9.17) is 4.74 Å². The molecule has 3 rings (SSSR count). The smallest absolute Gasteiger partial charge is 0.312 e. The molecule has 0 aliphatic heterocycles. The molecule has 0 spiro atoms. The minimum absolute atomic E-state index is 0.0276. The molecule has 0 amide bonds. The lowest BCUT2D eigenvalue weighted by Crippen LogP contribution is -2.07. The number of fused-ring (bicyclic) bond motifs is 1. The predicted molar refractivity (Wildman–Crippen MR) is 90.8 cm³/mol. The summed E-state index contributed by atoms with van der Waals surface area (Å²) in [5, 5.41) is 8.12. The van der Waals surface area contributed by atoms with Gasteiger partial charge in [-0.3, -0.25) is 9.20 Å². The van der Waals surface area contributed by atoms with Crippen LogP contribution in [-0.4, -0.2) is 22.0 Å². The minimum Gasteiger partial charge on any atom is -0.466 e. The summed E-state index contributed by atoms with van der Waals surface area (Å²) in [4.78, 5) is 16.3. The average molecular weight is 340 g/mol. The third-order valence-corrected chi connectivity index (χ3v) is 3.55. The van der Waals surface area contributed by atoms with Gasteiger partial charge < -0.3 is 4.74 Å². The van der Waals surface area contributed by atoms with E-state index in [2.05, 4.69) is 15.2 Å². The van der Waals surface area contributed by atoms with E-state index in [1.54, 1.807) is 29.7 Å². The number of pyridine rings is 1. The number of carbonyl (C=O) groups excluding carboxylic acids is 1. The molecule has 128 valence electrons. The van der Waals surface area contributed by atoms with Crippen LogP contribution in [0.25, 0.3) is 5.65 Å². The zero-order chi connectivity index (χ0) is 17.8. The molecule has 6 nitrogen and oxygen atoms in total. The first-order valence-corrected chi connectivity index (χ1v) is 7.88. The Morgan fingerprint density at radius 2 is 2.08 bits per heavy atom. The molecule has 0 aliphatic rings. The van der Waals surface area contributed by atoms with Crippen molar-refractivity contribution in [3.05, 3.63) is 59.7 Å². The van der Waals surface area contributed by atoms with E-state index in [0.29, 0.717) is 17.2 Å². The zero-order valence-electron chi connectivity index (χ0n) is 13.9. The molecular weight excluding hydrogens is 323 g/mol. The molecule has 2 heterocycles. The second-order valence-electron chi connectivity index (χ2n) is 5.45. The van der Waals surface area contributed by atoms with Gasteiger partial charge in [0.05, 0.1) is 18.7 Å². The third-order valence-electron chi connectivity index (χ3n) is 3.55. The second-order valence-corrected chi connectivity index (χ2v) is 5.45. The van der Waals surface area contributed by atoms with Crippen LogP contribution in [0.2, 0.25) is 0 Å². The van der Waals surface area contributed by atoms with Gasteiger partial charge in [-0.25, -0.2) is 9.37 Å². The highest BCUT2D eigenvalue weighted by atomic mass is 19.1. The van der Waals surface area contributed by atoms with Gasteiger partial charge in [0.2, 0.25) is 0 Å². The Kier molecular flexibility index (Phi) is 4.83. The van der Waals surface area contributed by atoms with Crippen LogP contribution in [0.4, 0.5) is 15.9 Å². The van der Waals surface area contributed by atoms with Gasteiger partial charge in [-0.1, -0.05) is 12.1 Å². The molecule has 0 radical (unpaired) electrons. The van der Waals surface area contributed by atoms with Crippen LogP contribution < -0.4 is 0 Å². The lowest BCUT2D eigenvalue weighted by molar-refractivity contribution is -0.142. The number of ether oxygens (including phenoxy) is 1. The summed E-state index contributed by atoms with van der Waals surface area (Å²) in [6, 6.07) is 9.86. The Labute approximate surface area is 144 Å². The average Bonchev–Trinajstić information content (AvgIpc) is 2.90. The molecule has 0 saturated heterocycles. The van der Waals surface area contributed by atoms with E-state index in [0.717, 1.165) is 5.56 Å². The Bertz CT molecular complexity index is 949. The lowest BCUT2D eigenvalue weighted by Gasteiger charge is -2.01. The molecule has 0 unspecified atom stereocenters. The molecule has 0 bridgehead atoms. The number of hydrogen-bond acceptors (Lipinski definition) is 5. The fraction of sp³-hybridized carbons (Fsp3) is 0.222. The second kappa shape index (κ2) is 7.21. The fourth-order valence-electron chi connectivity index (χ4n) is 2.39. The zero-order valence-corrected chi connectivity index (χ0v) is 13.9. The number of halogens is 1. The van der Waals surface area contributed by atoms with Crippen molar-refractivity contribution in [2.75, 3.05) is 6.61 Å². The Morgan fingerprint density at radius 3 is 2.84 bits per heavy atom. The van der Waals surface area contributed by atoms with E-state index >= 15 is 0 Å². The number of benzene rings is 1. The van der Waals surface area contributed by atoms with E-state index < -0.39 is 11.8 Å². The summed E-state index contributed by atoms with van der Waals surface area (Å²) in [5.41, 5.74) is 2.22. The van der Waals surface area contributed by atoms with Crippen LogP contribution in [0.1, 0.15) is 18.2 Å². The topological polar surface area (TPSA) is 68.3 Å². The van der Waals surface area contributed by atoms with Crippen molar-refractivity contribution in [2.45, 2.75) is 20.3 Å². The molecular formula is C18H17FN4O2. The van der Waals surface area contributed by atoms with Gasteiger partial charge in [-0.05, 0) is 43.7 Å². The highest BCUT2D eigenvalue weighted by Gasteiger charge is 2.16. The lowest BCUT2D eigenvalue weighted by atomic mass is 10.3. The molecule has 25 heavy (non-hydrogen) atoms. The fourth-order valence-corrected chi connectivity index (χ4v) is 2.39. The first-order valence-electron chi connectivity index (χ1n) is 7.88. The molecule has 0 saturated carbocycles. The Balaban J connectivity index is 2.04. The van der Waals surface area contributed by atoms with Gasteiger partial charge in [0.15, 0.2) is 11.6 Å². The molecule has 3 aromatic rings. The van der Waals surface area contributed by atoms with Crippen molar-refractivity contribution in [3.8, 4) is 0 Å². The summed E-state index contributed by atoms with van der Waals surface area (Å²) >= 11 is 0. The van der Waals surface area contributed by atoms with E-state index in [1.165, 1.54) is 12.1 Å². The number of azo groups is 1. The summed E-state index contributed by atoms with van der Waals surface area (Å²) < 4.78 is 20.4. The van der Waals surface area contributed by atoms with Crippen molar-refractivity contribution in [2.24, 2.45) is 10.2 Å². The quantitative estimate of drug-likeness (QED) is 0.513. The van der Waals surface area contributed by atoms with Crippen molar-refractivity contribution in [1.82, 2.24) is 9.38 Å². The number of hydrogen-bond donors (Lipinski definition) is 0. The highest BCUT2D eigenvalue weighted by Crippen LogP contribution is 2.26. The number of aromatic nitrogens is 2. The molecule has 1 aromatic carbocycles. The number of imidazole rings is 1. The molecule has 0 aliphatic carbocycles. The van der Waals surface area contributed by atoms with Gasteiger partial charge >= 0.3 is 5.97 Å². The van der Waals surface area contributed by atoms with Gasteiger partial charge in [0, 0.05) is 6.20 Å². The molecule has 7 heteroatoms. The first-order chi connectivity index (χ1) is 12.1. The number of esters is 1. The first kappa shape index (κ1) is 16.8. The van der Waals surface area contributed by atoms with Gasteiger partial charge in [0.1, 0.15) is 11.3 Å². The SMILES string of the molecule is CCOC(=O)Cc1nc2cc(C)ccn2c1N=Nc1ccccc1F. The maximum atomic E-state index is 13.7. The van der Waals surface area contributed by atoms with Crippen molar-refractivity contribution < 1.29 is 13.9 Å². The van der Waals surface area contributed by atoms with E-state index in [1.807, 2.05) is 19.1 Å². The van der Waals surface area contributed by atoms with Crippen LogP contribution in [-0.2, 0) is 16.0 Å². The van der Waals surface area contributed by atoms with Crippen molar-refractivity contribution in [1.29, 1.82) is 0 Å². The van der Waals surface area contributed by atoms with Crippen LogP contribution in [0.15, 0.2) is 52.8 Å². The Morgan fingerprint density at radius 1 is 1.28 bits per heavy atom. The number of aryl methyl sites for hydroxylation is 1. The number of nitrogens with zero attached hydrogens (tertiary/aromatic N) is 4. The minimum atomic E-state index is -0.470. The molecule has 0 N–H and O–H groups in total. The third kappa shape index (κ3) is 3.71. The molecule has 0 fully saturated rings. The normalized spacial score (nSPS) is 11.3.